The van der Waals surface area contributed by atoms with Gasteiger partial charge < -0.3 is 5.32 Å². The van der Waals surface area contributed by atoms with E-state index in [1.54, 1.807) is 23.5 Å². The van der Waals surface area contributed by atoms with Crippen molar-refractivity contribution < 1.29 is 27.6 Å². The van der Waals surface area contributed by atoms with Crippen molar-refractivity contribution in [3.63, 3.8) is 0 Å². The fraction of sp³-hybridized carbons (Fsp3) is 0.267. The highest BCUT2D eigenvalue weighted by Gasteiger charge is 2.38. The Bertz CT molecular complexity index is 662. The number of benzene rings is 1. The minimum Gasteiger partial charge on any atom is -0.348 e. The molecule has 1 aromatic rings. The first-order chi connectivity index (χ1) is 10.3. The number of ketones is 2. The fourth-order valence-electron chi connectivity index (χ4n) is 2.14. The van der Waals surface area contributed by atoms with Crippen LogP contribution >= 0.6 is 0 Å². The van der Waals surface area contributed by atoms with E-state index in [0.717, 1.165) is 0 Å². The Hall–Kier alpha value is -2.44. The van der Waals surface area contributed by atoms with Gasteiger partial charge in [0.2, 0.25) is 0 Å². The fourth-order valence-corrected chi connectivity index (χ4v) is 2.14. The van der Waals surface area contributed by atoms with Crippen molar-refractivity contribution in [2.45, 2.75) is 19.0 Å². The molecule has 1 amide bonds. The standard InChI is InChI=1S/C15H12F3NO3/c16-15(17,18)14(22)19-7-3-4-9-8-12(20)10-5-1-2-6-11(10)13(9)21/h1-2,5-6,8H,3-4,7H2,(H,19,22). The predicted molar refractivity (Wildman–Crippen MR) is 71.5 cm³/mol. The molecule has 116 valence electrons. The summed E-state index contributed by atoms with van der Waals surface area (Å²) >= 11 is 0. The minimum atomic E-state index is -4.92. The number of alkyl halides is 3. The van der Waals surface area contributed by atoms with Crippen LogP contribution in [0.1, 0.15) is 33.6 Å². The number of hydrogen-bond donors (Lipinski definition) is 1. The second-order valence-electron chi connectivity index (χ2n) is 4.77. The van der Waals surface area contributed by atoms with Crippen molar-refractivity contribution in [1.82, 2.24) is 5.32 Å². The highest BCUT2D eigenvalue weighted by atomic mass is 19.4. The van der Waals surface area contributed by atoms with Crippen molar-refractivity contribution in [2.24, 2.45) is 0 Å². The average molecular weight is 311 g/mol. The molecule has 1 aliphatic rings. The second kappa shape index (κ2) is 6.13. The summed E-state index contributed by atoms with van der Waals surface area (Å²) in [5.74, 6) is -2.63. The molecule has 0 saturated carbocycles. The topological polar surface area (TPSA) is 63.2 Å². The third-order valence-corrected chi connectivity index (χ3v) is 3.20. The number of Topliss-reactive ketones (excluding diaryl/α,β-unsaturated/α-hetero) is 1. The zero-order valence-electron chi connectivity index (χ0n) is 11.4. The Labute approximate surface area is 124 Å². The van der Waals surface area contributed by atoms with E-state index in [1.165, 1.54) is 12.1 Å². The van der Waals surface area contributed by atoms with Gasteiger partial charge in [0.05, 0.1) is 0 Å². The van der Waals surface area contributed by atoms with E-state index in [1.807, 2.05) is 0 Å². The van der Waals surface area contributed by atoms with E-state index in [4.69, 9.17) is 0 Å². The Morgan fingerprint density at radius 3 is 2.36 bits per heavy atom. The molecular weight excluding hydrogens is 299 g/mol. The molecule has 0 bridgehead atoms. The number of carbonyl (C=O) groups is 3. The summed E-state index contributed by atoms with van der Waals surface area (Å²) < 4.78 is 36.0. The smallest absolute Gasteiger partial charge is 0.348 e. The van der Waals surface area contributed by atoms with Crippen molar-refractivity contribution in [3.05, 3.63) is 47.0 Å². The summed E-state index contributed by atoms with van der Waals surface area (Å²) in [4.78, 5) is 34.7. The SMILES string of the molecule is O=C1C=C(CCCNC(=O)C(F)(F)F)C(=O)c2ccccc21. The number of carbonyl (C=O) groups excluding carboxylic acids is 3. The van der Waals surface area contributed by atoms with Crippen LogP contribution in [0.25, 0.3) is 0 Å². The predicted octanol–water partition coefficient (Wildman–Crippen LogP) is 2.45. The number of allylic oxidation sites excluding steroid dienone is 2. The first-order valence-corrected chi connectivity index (χ1v) is 6.54. The molecule has 0 fully saturated rings. The maximum atomic E-state index is 12.2. The number of fused-ring (bicyclic) bond motifs is 1. The van der Waals surface area contributed by atoms with Crippen molar-refractivity contribution in [3.8, 4) is 0 Å². The first-order valence-electron chi connectivity index (χ1n) is 6.54. The molecule has 0 aromatic heterocycles. The Kier molecular flexibility index (Phi) is 4.44. The molecule has 0 heterocycles. The summed E-state index contributed by atoms with van der Waals surface area (Å²) in [6, 6.07) is 6.37. The summed E-state index contributed by atoms with van der Waals surface area (Å²) in [5.41, 5.74) is 0.857. The van der Waals surface area contributed by atoms with Gasteiger partial charge in [-0.05, 0) is 18.9 Å². The van der Waals surface area contributed by atoms with E-state index in [9.17, 15) is 27.6 Å². The average Bonchev–Trinajstić information content (AvgIpc) is 2.47. The Morgan fingerprint density at radius 1 is 1.09 bits per heavy atom. The summed E-state index contributed by atoms with van der Waals surface area (Å²) in [7, 11) is 0. The van der Waals surface area contributed by atoms with Crippen LogP contribution in [0.5, 0.6) is 0 Å². The van der Waals surface area contributed by atoms with Gasteiger partial charge in [0, 0.05) is 23.2 Å². The van der Waals surface area contributed by atoms with Crippen molar-refractivity contribution >= 4 is 17.5 Å². The lowest BCUT2D eigenvalue weighted by Gasteiger charge is -2.15. The number of hydrogen-bond acceptors (Lipinski definition) is 3. The first kappa shape index (κ1) is 15.9. The molecule has 0 aliphatic heterocycles. The van der Waals surface area contributed by atoms with E-state index in [2.05, 4.69) is 0 Å². The highest BCUT2D eigenvalue weighted by Crippen LogP contribution is 2.23. The van der Waals surface area contributed by atoms with Gasteiger partial charge in [0.25, 0.3) is 0 Å². The zero-order valence-corrected chi connectivity index (χ0v) is 11.4. The summed E-state index contributed by atoms with van der Waals surface area (Å²) in [5, 5.41) is 1.72. The van der Waals surface area contributed by atoms with E-state index in [0.29, 0.717) is 11.1 Å². The number of nitrogens with one attached hydrogen (secondary N) is 1. The van der Waals surface area contributed by atoms with Gasteiger partial charge in [-0.3, -0.25) is 14.4 Å². The Balaban J connectivity index is 1.94. The lowest BCUT2D eigenvalue weighted by molar-refractivity contribution is -0.173. The third kappa shape index (κ3) is 3.41. The van der Waals surface area contributed by atoms with Crippen molar-refractivity contribution in [2.75, 3.05) is 6.54 Å². The molecule has 0 saturated heterocycles. The molecule has 1 aliphatic carbocycles. The van der Waals surface area contributed by atoms with Gasteiger partial charge in [-0.1, -0.05) is 24.3 Å². The lowest BCUT2D eigenvalue weighted by atomic mass is 9.88. The number of amides is 1. The van der Waals surface area contributed by atoms with Crippen LogP contribution in [0.4, 0.5) is 13.2 Å². The van der Waals surface area contributed by atoms with Crippen LogP contribution in [-0.4, -0.2) is 30.2 Å². The monoisotopic (exact) mass is 311 g/mol. The van der Waals surface area contributed by atoms with Crippen LogP contribution in [0, 0.1) is 0 Å². The lowest BCUT2D eigenvalue weighted by Crippen LogP contribution is -2.37. The highest BCUT2D eigenvalue weighted by molar-refractivity contribution is 6.24. The summed E-state index contributed by atoms with van der Waals surface area (Å²) in [6.07, 6.45) is -3.46. The maximum Gasteiger partial charge on any atom is 0.471 e. The molecule has 0 unspecified atom stereocenters. The molecular formula is C15H12F3NO3. The number of rotatable bonds is 4. The van der Waals surface area contributed by atoms with Crippen molar-refractivity contribution in [1.29, 1.82) is 0 Å². The third-order valence-electron chi connectivity index (χ3n) is 3.20. The molecule has 2 rings (SSSR count). The molecule has 0 spiro atoms. The van der Waals surface area contributed by atoms with Gasteiger partial charge >= 0.3 is 12.1 Å². The molecule has 0 radical (unpaired) electrons. The van der Waals surface area contributed by atoms with Gasteiger partial charge in [0.1, 0.15) is 0 Å². The Morgan fingerprint density at radius 2 is 1.73 bits per heavy atom. The van der Waals surface area contributed by atoms with Crippen LogP contribution in [0.3, 0.4) is 0 Å². The minimum absolute atomic E-state index is 0.122. The maximum absolute atomic E-state index is 12.2. The second-order valence-corrected chi connectivity index (χ2v) is 4.77. The molecule has 7 heteroatoms. The normalized spacial score (nSPS) is 14.4. The molecule has 1 aromatic carbocycles. The molecule has 0 atom stereocenters. The zero-order chi connectivity index (χ0) is 16.3. The van der Waals surface area contributed by atoms with E-state index in [-0.39, 0.29) is 36.5 Å². The van der Waals surface area contributed by atoms with Gasteiger partial charge in [-0.15, -0.1) is 0 Å². The van der Waals surface area contributed by atoms with Crippen LogP contribution < -0.4 is 5.32 Å². The molecule has 22 heavy (non-hydrogen) atoms. The molecule has 1 N–H and O–H groups in total. The van der Waals surface area contributed by atoms with Gasteiger partial charge in [-0.2, -0.15) is 13.2 Å². The summed E-state index contributed by atoms with van der Waals surface area (Å²) in [6.45, 7) is -0.223. The van der Waals surface area contributed by atoms with Crippen LogP contribution in [0.2, 0.25) is 0 Å². The van der Waals surface area contributed by atoms with Gasteiger partial charge in [0.15, 0.2) is 11.6 Å². The number of halogens is 3. The molecule has 4 nitrogen and oxygen atoms in total. The van der Waals surface area contributed by atoms with Crippen LogP contribution in [0.15, 0.2) is 35.9 Å². The van der Waals surface area contributed by atoms with Gasteiger partial charge in [-0.25, -0.2) is 0 Å². The van der Waals surface area contributed by atoms with E-state index >= 15 is 0 Å². The van der Waals surface area contributed by atoms with Crippen LogP contribution in [-0.2, 0) is 4.79 Å². The quantitative estimate of drug-likeness (QED) is 0.869. The largest absolute Gasteiger partial charge is 0.471 e. The van der Waals surface area contributed by atoms with E-state index < -0.39 is 12.1 Å².